The molecule has 0 spiro atoms. The van der Waals surface area contributed by atoms with Crippen LogP contribution in [0.3, 0.4) is 0 Å². The molecule has 1 aliphatic heterocycles. The Kier molecular flexibility index (Phi) is 4.85. The number of nitrogens with zero attached hydrogens (tertiary/aromatic N) is 3. The van der Waals surface area contributed by atoms with E-state index < -0.39 is 10.0 Å². The zero-order valence-corrected chi connectivity index (χ0v) is 17.3. The molecule has 0 amide bonds. The van der Waals surface area contributed by atoms with Crippen LogP contribution in [0.4, 0.5) is 0 Å². The molecule has 0 saturated carbocycles. The van der Waals surface area contributed by atoms with Crippen LogP contribution in [0.1, 0.15) is 37.3 Å². The Balaban J connectivity index is 1.59. The molecular weight excluding hydrogens is 370 g/mol. The molecule has 0 radical (unpaired) electrons. The maximum atomic E-state index is 13.0. The summed E-state index contributed by atoms with van der Waals surface area (Å²) in [5.41, 5.74) is 4.41. The Morgan fingerprint density at radius 3 is 2.50 bits per heavy atom. The first kappa shape index (κ1) is 18.9. The molecule has 0 bridgehead atoms. The van der Waals surface area contributed by atoms with Crippen LogP contribution in [0.25, 0.3) is 16.6 Å². The zero-order valence-electron chi connectivity index (χ0n) is 16.5. The molecule has 0 fully saturated rings. The fraction of sp³-hybridized carbons (Fsp3) is 0.318. The van der Waals surface area contributed by atoms with E-state index in [4.69, 9.17) is 0 Å². The highest BCUT2D eigenvalue weighted by molar-refractivity contribution is 7.89. The Labute approximate surface area is 166 Å². The van der Waals surface area contributed by atoms with E-state index in [0.717, 1.165) is 22.2 Å². The van der Waals surface area contributed by atoms with Crippen molar-refractivity contribution in [1.29, 1.82) is 0 Å². The van der Waals surface area contributed by atoms with Crippen LogP contribution in [0.2, 0.25) is 0 Å². The highest BCUT2D eigenvalue weighted by atomic mass is 32.2. The fourth-order valence-corrected chi connectivity index (χ4v) is 5.14. The monoisotopic (exact) mass is 395 g/mol. The molecule has 0 atom stereocenters. The smallest absolute Gasteiger partial charge is 0.243 e. The van der Waals surface area contributed by atoms with Crippen LogP contribution in [-0.4, -0.2) is 35.4 Å². The standard InChI is InChI=1S/C22H25N3O2S/c1-16(2)17-6-8-19(9-7-17)28(26,27)25-13-10-18(11-14-25)21-15-24(3)22-20(21)5-4-12-23-22/h4-10,12,15-16H,11,13-14H2,1-3H3. The number of fused-ring (bicyclic) bond motifs is 1. The Morgan fingerprint density at radius 1 is 1.11 bits per heavy atom. The Morgan fingerprint density at radius 2 is 1.86 bits per heavy atom. The lowest BCUT2D eigenvalue weighted by Crippen LogP contribution is -2.34. The van der Waals surface area contributed by atoms with Gasteiger partial charge in [-0.25, -0.2) is 13.4 Å². The third-order valence-corrected chi connectivity index (χ3v) is 7.32. The van der Waals surface area contributed by atoms with Gasteiger partial charge in [-0.2, -0.15) is 4.31 Å². The summed E-state index contributed by atoms with van der Waals surface area (Å²) >= 11 is 0. The predicted octanol–water partition coefficient (Wildman–Crippen LogP) is 4.17. The second-order valence-electron chi connectivity index (χ2n) is 7.59. The van der Waals surface area contributed by atoms with Crippen molar-refractivity contribution >= 4 is 26.6 Å². The average molecular weight is 396 g/mol. The summed E-state index contributed by atoms with van der Waals surface area (Å²) in [5, 5.41) is 1.11. The van der Waals surface area contributed by atoms with Crippen molar-refractivity contribution in [2.24, 2.45) is 7.05 Å². The number of hydrogen-bond acceptors (Lipinski definition) is 3. The van der Waals surface area contributed by atoms with Crippen molar-refractivity contribution in [2.45, 2.75) is 31.1 Å². The number of benzene rings is 1. The van der Waals surface area contributed by atoms with Crippen LogP contribution in [-0.2, 0) is 17.1 Å². The highest BCUT2D eigenvalue weighted by Gasteiger charge is 2.27. The molecule has 3 aromatic rings. The van der Waals surface area contributed by atoms with Crippen molar-refractivity contribution < 1.29 is 8.42 Å². The van der Waals surface area contributed by atoms with Gasteiger partial charge in [-0.15, -0.1) is 0 Å². The first-order valence-corrected chi connectivity index (χ1v) is 11.0. The molecule has 0 unspecified atom stereocenters. The summed E-state index contributed by atoms with van der Waals surface area (Å²) in [6, 6.07) is 11.3. The van der Waals surface area contributed by atoms with Crippen molar-refractivity contribution in [3.8, 4) is 0 Å². The molecule has 0 saturated heterocycles. The molecule has 1 aromatic carbocycles. The van der Waals surface area contributed by atoms with E-state index >= 15 is 0 Å². The largest absolute Gasteiger partial charge is 0.335 e. The molecule has 0 N–H and O–H groups in total. The zero-order chi connectivity index (χ0) is 19.9. The van der Waals surface area contributed by atoms with Gasteiger partial charge in [0.05, 0.1) is 4.90 Å². The number of hydrogen-bond donors (Lipinski definition) is 0. The molecule has 4 rings (SSSR count). The van der Waals surface area contributed by atoms with Gasteiger partial charge in [0, 0.05) is 43.5 Å². The van der Waals surface area contributed by atoms with Gasteiger partial charge in [0.1, 0.15) is 5.65 Å². The van der Waals surface area contributed by atoms with E-state index in [0.29, 0.717) is 30.3 Å². The third kappa shape index (κ3) is 3.27. The minimum atomic E-state index is -3.48. The molecule has 146 valence electrons. The lowest BCUT2D eigenvalue weighted by molar-refractivity contribution is 0.441. The fourth-order valence-electron chi connectivity index (χ4n) is 3.76. The van der Waals surface area contributed by atoms with Crippen LogP contribution in [0.5, 0.6) is 0 Å². The quantitative estimate of drug-likeness (QED) is 0.666. The van der Waals surface area contributed by atoms with Crippen LogP contribution in [0, 0.1) is 0 Å². The maximum absolute atomic E-state index is 13.0. The Hall–Kier alpha value is -2.44. The topological polar surface area (TPSA) is 55.2 Å². The van der Waals surface area contributed by atoms with Gasteiger partial charge >= 0.3 is 0 Å². The summed E-state index contributed by atoms with van der Waals surface area (Å²) in [6.07, 6.45) is 6.60. The van der Waals surface area contributed by atoms with Crippen LogP contribution in [0.15, 0.2) is 59.8 Å². The van der Waals surface area contributed by atoms with Gasteiger partial charge in [-0.3, -0.25) is 0 Å². The summed E-state index contributed by atoms with van der Waals surface area (Å²) < 4.78 is 29.6. The Bertz CT molecular complexity index is 1140. The number of sulfonamides is 1. The van der Waals surface area contributed by atoms with E-state index in [1.807, 2.05) is 35.9 Å². The molecule has 5 nitrogen and oxygen atoms in total. The van der Waals surface area contributed by atoms with Gasteiger partial charge in [-0.1, -0.05) is 32.1 Å². The van der Waals surface area contributed by atoms with Gasteiger partial charge in [0.2, 0.25) is 10.0 Å². The second kappa shape index (κ2) is 7.18. The summed E-state index contributed by atoms with van der Waals surface area (Å²) in [7, 11) is -1.49. The van der Waals surface area contributed by atoms with Crippen LogP contribution >= 0.6 is 0 Å². The molecule has 3 heterocycles. The molecule has 2 aromatic heterocycles. The van der Waals surface area contributed by atoms with Gasteiger partial charge in [0.15, 0.2) is 0 Å². The molecule has 0 aliphatic carbocycles. The first-order chi connectivity index (χ1) is 13.4. The third-order valence-electron chi connectivity index (χ3n) is 5.44. The van der Waals surface area contributed by atoms with Crippen molar-refractivity contribution in [1.82, 2.24) is 13.9 Å². The van der Waals surface area contributed by atoms with Crippen molar-refractivity contribution in [3.05, 3.63) is 66.0 Å². The normalized spacial score (nSPS) is 15.9. The number of aromatic nitrogens is 2. The van der Waals surface area contributed by atoms with Crippen LogP contribution < -0.4 is 0 Å². The van der Waals surface area contributed by atoms with E-state index in [1.165, 1.54) is 5.57 Å². The lowest BCUT2D eigenvalue weighted by Gasteiger charge is -2.26. The average Bonchev–Trinajstić information content (AvgIpc) is 3.05. The van der Waals surface area contributed by atoms with E-state index in [2.05, 4.69) is 31.1 Å². The second-order valence-corrected chi connectivity index (χ2v) is 9.53. The predicted molar refractivity (Wildman–Crippen MR) is 113 cm³/mol. The van der Waals surface area contributed by atoms with E-state index in [-0.39, 0.29) is 0 Å². The summed E-state index contributed by atoms with van der Waals surface area (Å²) in [4.78, 5) is 4.80. The maximum Gasteiger partial charge on any atom is 0.243 e. The van der Waals surface area contributed by atoms with E-state index in [1.54, 1.807) is 22.6 Å². The molecule has 6 heteroatoms. The summed E-state index contributed by atoms with van der Waals surface area (Å²) in [6.45, 7) is 5.07. The van der Waals surface area contributed by atoms with Gasteiger partial charge in [-0.05, 0) is 47.7 Å². The number of pyridine rings is 1. The molecule has 1 aliphatic rings. The van der Waals surface area contributed by atoms with E-state index in [9.17, 15) is 8.42 Å². The first-order valence-electron chi connectivity index (χ1n) is 9.57. The SMILES string of the molecule is CC(C)c1ccc(S(=O)(=O)N2CC=C(c3cn(C)c4ncccc34)CC2)cc1. The lowest BCUT2D eigenvalue weighted by atomic mass is 10.0. The number of aryl methyl sites for hydroxylation is 1. The highest BCUT2D eigenvalue weighted by Crippen LogP contribution is 2.31. The summed E-state index contributed by atoms with van der Waals surface area (Å²) in [5.74, 6) is 0.382. The van der Waals surface area contributed by atoms with Gasteiger partial charge < -0.3 is 4.57 Å². The number of rotatable bonds is 4. The minimum Gasteiger partial charge on any atom is -0.335 e. The van der Waals surface area contributed by atoms with Crippen molar-refractivity contribution in [3.63, 3.8) is 0 Å². The molecule has 28 heavy (non-hydrogen) atoms. The minimum absolute atomic E-state index is 0.364. The molecular formula is C22H25N3O2S. The van der Waals surface area contributed by atoms with Crippen molar-refractivity contribution in [2.75, 3.05) is 13.1 Å². The van der Waals surface area contributed by atoms with Gasteiger partial charge in [0.25, 0.3) is 0 Å².